The normalized spacial score (nSPS) is 10.1. The molecule has 0 saturated carbocycles. The molecule has 0 saturated heterocycles. The van der Waals surface area contributed by atoms with Crippen LogP contribution in [0.3, 0.4) is 0 Å². The molecule has 0 atom stereocenters. The minimum atomic E-state index is -0.521. The number of esters is 2. The van der Waals surface area contributed by atoms with Gasteiger partial charge in [-0.3, -0.25) is 0 Å². The lowest BCUT2D eigenvalue weighted by atomic mass is 10.1. The molecule has 0 N–H and O–H groups in total. The van der Waals surface area contributed by atoms with Gasteiger partial charge in [0.2, 0.25) is 0 Å². The first-order valence-electron chi connectivity index (χ1n) is 6.85. The van der Waals surface area contributed by atoms with Crippen LogP contribution in [0, 0.1) is 0 Å². The van der Waals surface area contributed by atoms with E-state index in [4.69, 9.17) is 9.47 Å². The summed E-state index contributed by atoms with van der Waals surface area (Å²) in [6.07, 6.45) is 0.747. The van der Waals surface area contributed by atoms with Gasteiger partial charge in [0.15, 0.2) is 0 Å². The molecule has 114 valence electrons. The van der Waals surface area contributed by atoms with E-state index >= 15 is 0 Å². The van der Waals surface area contributed by atoms with Gasteiger partial charge < -0.3 is 9.47 Å². The van der Waals surface area contributed by atoms with Crippen molar-refractivity contribution in [3.05, 3.63) is 64.1 Å². The molecule has 5 heteroatoms. The van der Waals surface area contributed by atoms with E-state index in [2.05, 4.69) is 15.9 Å². The summed E-state index contributed by atoms with van der Waals surface area (Å²) in [7, 11) is 0. The van der Waals surface area contributed by atoms with E-state index in [1.54, 1.807) is 42.5 Å². The second-order valence-electron chi connectivity index (χ2n) is 4.56. The SMILES string of the molecule is CCCOC(=O)c1cccc(C(=O)Oc2ccc(Br)cc2)c1. The zero-order valence-electron chi connectivity index (χ0n) is 12.0. The van der Waals surface area contributed by atoms with Crippen LogP contribution in [0.2, 0.25) is 0 Å². The van der Waals surface area contributed by atoms with Gasteiger partial charge in [0.05, 0.1) is 17.7 Å². The third-order valence-electron chi connectivity index (χ3n) is 2.80. The smallest absolute Gasteiger partial charge is 0.343 e. The Morgan fingerprint density at radius 2 is 1.64 bits per heavy atom. The Labute approximate surface area is 137 Å². The van der Waals surface area contributed by atoms with Crippen LogP contribution in [0.25, 0.3) is 0 Å². The minimum Gasteiger partial charge on any atom is -0.462 e. The summed E-state index contributed by atoms with van der Waals surface area (Å²) in [6, 6.07) is 13.2. The van der Waals surface area contributed by atoms with Gasteiger partial charge in [0, 0.05) is 4.47 Å². The fourth-order valence-corrected chi connectivity index (χ4v) is 1.98. The predicted octanol–water partition coefficient (Wildman–Crippen LogP) is 4.24. The van der Waals surface area contributed by atoms with E-state index in [9.17, 15) is 9.59 Å². The van der Waals surface area contributed by atoms with Crippen molar-refractivity contribution < 1.29 is 19.1 Å². The standard InChI is InChI=1S/C17H15BrO4/c1-2-10-21-16(19)12-4-3-5-13(11-12)17(20)22-15-8-6-14(18)7-9-15/h3-9,11H,2,10H2,1H3. The molecule has 0 heterocycles. The lowest BCUT2D eigenvalue weighted by Gasteiger charge is -2.06. The summed E-state index contributed by atoms with van der Waals surface area (Å²) in [5.74, 6) is -0.528. The van der Waals surface area contributed by atoms with E-state index in [0.29, 0.717) is 23.5 Å². The third kappa shape index (κ3) is 4.43. The maximum Gasteiger partial charge on any atom is 0.343 e. The molecule has 2 rings (SSSR count). The van der Waals surface area contributed by atoms with E-state index in [0.717, 1.165) is 10.9 Å². The predicted molar refractivity (Wildman–Crippen MR) is 86.1 cm³/mol. The highest BCUT2D eigenvalue weighted by Crippen LogP contribution is 2.18. The summed E-state index contributed by atoms with van der Waals surface area (Å²) in [5.41, 5.74) is 0.632. The molecule has 0 aliphatic heterocycles. The van der Waals surface area contributed by atoms with Crippen molar-refractivity contribution in [2.75, 3.05) is 6.61 Å². The highest BCUT2D eigenvalue weighted by molar-refractivity contribution is 9.10. The number of carbonyl (C=O) groups excluding carboxylic acids is 2. The number of rotatable bonds is 5. The van der Waals surface area contributed by atoms with Crippen molar-refractivity contribution in [2.24, 2.45) is 0 Å². The van der Waals surface area contributed by atoms with Crippen LogP contribution in [-0.4, -0.2) is 18.5 Å². The van der Waals surface area contributed by atoms with Gasteiger partial charge in [-0.25, -0.2) is 9.59 Å². The summed E-state index contributed by atoms with van der Waals surface area (Å²) in [6.45, 7) is 2.27. The molecular weight excluding hydrogens is 348 g/mol. The van der Waals surface area contributed by atoms with E-state index in [1.807, 2.05) is 6.92 Å². The molecule has 0 aliphatic carbocycles. The number of hydrogen-bond donors (Lipinski definition) is 0. The van der Waals surface area contributed by atoms with Gasteiger partial charge in [-0.2, -0.15) is 0 Å². The van der Waals surface area contributed by atoms with Crippen molar-refractivity contribution in [3.8, 4) is 5.75 Å². The Bertz CT molecular complexity index is 665. The van der Waals surface area contributed by atoms with Crippen LogP contribution in [0.5, 0.6) is 5.75 Å². The molecule has 2 aromatic carbocycles. The van der Waals surface area contributed by atoms with Gasteiger partial charge >= 0.3 is 11.9 Å². The van der Waals surface area contributed by atoms with Gasteiger partial charge in [-0.05, 0) is 48.9 Å². The topological polar surface area (TPSA) is 52.6 Å². The first-order chi connectivity index (χ1) is 10.6. The summed E-state index contributed by atoms with van der Waals surface area (Å²) >= 11 is 3.31. The molecule has 0 amide bonds. The van der Waals surface area contributed by atoms with Crippen LogP contribution in [0.4, 0.5) is 0 Å². The van der Waals surface area contributed by atoms with Gasteiger partial charge in [0.25, 0.3) is 0 Å². The average Bonchev–Trinajstić information content (AvgIpc) is 2.54. The molecule has 0 aliphatic rings. The Morgan fingerprint density at radius 3 is 2.27 bits per heavy atom. The molecule has 0 aromatic heterocycles. The maximum absolute atomic E-state index is 12.1. The number of carbonyl (C=O) groups is 2. The second-order valence-corrected chi connectivity index (χ2v) is 5.48. The summed E-state index contributed by atoms with van der Waals surface area (Å²) < 4.78 is 11.2. The van der Waals surface area contributed by atoms with E-state index < -0.39 is 11.9 Å². The first kappa shape index (κ1) is 16.2. The summed E-state index contributed by atoms with van der Waals surface area (Å²) in [5, 5.41) is 0. The minimum absolute atomic E-state index is 0.300. The largest absolute Gasteiger partial charge is 0.462 e. The Balaban J connectivity index is 2.09. The Hall–Kier alpha value is -2.14. The zero-order valence-corrected chi connectivity index (χ0v) is 13.6. The number of halogens is 1. The van der Waals surface area contributed by atoms with Crippen molar-refractivity contribution in [2.45, 2.75) is 13.3 Å². The lowest BCUT2D eigenvalue weighted by Crippen LogP contribution is -2.11. The van der Waals surface area contributed by atoms with E-state index in [1.165, 1.54) is 6.07 Å². The lowest BCUT2D eigenvalue weighted by molar-refractivity contribution is 0.0505. The quantitative estimate of drug-likeness (QED) is 0.589. The maximum atomic E-state index is 12.1. The molecule has 2 aromatic rings. The number of hydrogen-bond acceptors (Lipinski definition) is 4. The van der Waals surface area contributed by atoms with Gasteiger partial charge in [-0.15, -0.1) is 0 Å². The Morgan fingerprint density at radius 1 is 1.00 bits per heavy atom. The molecule has 0 spiro atoms. The molecule has 0 unspecified atom stereocenters. The molecule has 22 heavy (non-hydrogen) atoms. The van der Waals surface area contributed by atoms with Crippen molar-refractivity contribution in [3.63, 3.8) is 0 Å². The third-order valence-corrected chi connectivity index (χ3v) is 3.32. The summed E-state index contributed by atoms with van der Waals surface area (Å²) in [4.78, 5) is 23.9. The van der Waals surface area contributed by atoms with Crippen LogP contribution >= 0.6 is 15.9 Å². The van der Waals surface area contributed by atoms with Crippen LogP contribution in [-0.2, 0) is 4.74 Å². The monoisotopic (exact) mass is 362 g/mol. The fraction of sp³-hybridized carbons (Fsp3) is 0.176. The zero-order chi connectivity index (χ0) is 15.9. The van der Waals surface area contributed by atoms with Crippen LogP contribution < -0.4 is 4.74 Å². The first-order valence-corrected chi connectivity index (χ1v) is 7.64. The van der Waals surface area contributed by atoms with Crippen molar-refractivity contribution >= 4 is 27.9 Å². The van der Waals surface area contributed by atoms with Crippen LogP contribution in [0.1, 0.15) is 34.1 Å². The second kappa shape index (κ2) is 7.75. The fourth-order valence-electron chi connectivity index (χ4n) is 1.72. The number of ether oxygens (including phenoxy) is 2. The van der Waals surface area contributed by atoms with Gasteiger partial charge in [0.1, 0.15) is 5.75 Å². The molecule has 4 nitrogen and oxygen atoms in total. The average molecular weight is 363 g/mol. The molecular formula is C17H15BrO4. The van der Waals surface area contributed by atoms with E-state index in [-0.39, 0.29) is 0 Å². The van der Waals surface area contributed by atoms with Crippen molar-refractivity contribution in [1.29, 1.82) is 0 Å². The highest BCUT2D eigenvalue weighted by atomic mass is 79.9. The Kier molecular flexibility index (Phi) is 5.72. The highest BCUT2D eigenvalue weighted by Gasteiger charge is 2.13. The van der Waals surface area contributed by atoms with Crippen molar-refractivity contribution in [1.82, 2.24) is 0 Å². The van der Waals surface area contributed by atoms with Gasteiger partial charge in [-0.1, -0.05) is 28.9 Å². The number of benzene rings is 2. The molecule has 0 fully saturated rings. The molecule has 0 radical (unpaired) electrons. The molecule has 0 bridgehead atoms. The van der Waals surface area contributed by atoms with Crippen LogP contribution in [0.15, 0.2) is 53.0 Å².